The first-order valence-corrected chi connectivity index (χ1v) is 3.37. The van der Waals surface area contributed by atoms with Gasteiger partial charge < -0.3 is 0 Å². The normalized spacial score (nSPS) is 9.00. The first-order chi connectivity index (χ1) is 4.61. The minimum Gasteiger partial charge on any atom is -0.198 e. The monoisotopic (exact) mass is 218 g/mol. The molecule has 1 aromatic rings. The molecular formula is C9H10BY-. The Balaban J connectivity index is 0.000001000. The third-order valence-electron chi connectivity index (χ3n) is 1.75. The van der Waals surface area contributed by atoms with Crippen LogP contribution in [0.15, 0.2) is 6.07 Å². The van der Waals surface area contributed by atoms with Gasteiger partial charge in [-0.15, -0.1) is 0 Å². The van der Waals surface area contributed by atoms with Crippen LogP contribution in [0.3, 0.4) is 0 Å². The van der Waals surface area contributed by atoms with E-state index in [-0.39, 0.29) is 32.7 Å². The van der Waals surface area contributed by atoms with Crippen LogP contribution in [0.1, 0.15) is 16.7 Å². The van der Waals surface area contributed by atoms with Crippen LogP contribution >= 0.6 is 0 Å². The van der Waals surface area contributed by atoms with Crippen molar-refractivity contribution in [2.45, 2.75) is 20.8 Å². The first-order valence-electron chi connectivity index (χ1n) is 3.37. The Kier molecular flexibility index (Phi) is 4.58. The molecular weight excluding hydrogens is 208 g/mol. The molecule has 0 saturated carbocycles. The SMILES string of the molecule is [B]c1cc(C)[c-]c(C)c1C.[Y]. The summed E-state index contributed by atoms with van der Waals surface area (Å²) in [5, 5.41) is 0. The fourth-order valence-corrected chi connectivity index (χ4v) is 0.984. The van der Waals surface area contributed by atoms with Crippen molar-refractivity contribution in [1.82, 2.24) is 0 Å². The quantitative estimate of drug-likeness (QED) is 0.453. The summed E-state index contributed by atoms with van der Waals surface area (Å²) in [6.07, 6.45) is 0. The van der Waals surface area contributed by atoms with Gasteiger partial charge in [-0.3, -0.25) is 0 Å². The van der Waals surface area contributed by atoms with Gasteiger partial charge in [0.1, 0.15) is 0 Å². The van der Waals surface area contributed by atoms with E-state index in [1.54, 1.807) is 0 Å². The molecule has 11 heavy (non-hydrogen) atoms. The second kappa shape index (κ2) is 4.42. The molecule has 2 heteroatoms. The first kappa shape index (κ1) is 11.4. The summed E-state index contributed by atoms with van der Waals surface area (Å²) in [5.74, 6) is 0. The van der Waals surface area contributed by atoms with E-state index in [4.69, 9.17) is 7.85 Å². The molecule has 0 nitrogen and oxygen atoms in total. The summed E-state index contributed by atoms with van der Waals surface area (Å²) >= 11 is 0. The molecule has 0 spiro atoms. The minimum atomic E-state index is 0. The Bertz CT molecular complexity index is 233. The van der Waals surface area contributed by atoms with Crippen LogP contribution in [0, 0.1) is 26.8 Å². The van der Waals surface area contributed by atoms with Crippen molar-refractivity contribution in [2.24, 2.45) is 0 Å². The molecule has 0 aliphatic heterocycles. The molecule has 0 aliphatic rings. The van der Waals surface area contributed by atoms with E-state index in [0.29, 0.717) is 0 Å². The predicted molar refractivity (Wildman–Crippen MR) is 44.9 cm³/mol. The second-order valence-corrected chi connectivity index (χ2v) is 2.66. The molecule has 0 heterocycles. The van der Waals surface area contributed by atoms with Crippen molar-refractivity contribution in [3.05, 3.63) is 28.8 Å². The van der Waals surface area contributed by atoms with Crippen LogP contribution in [-0.4, -0.2) is 7.85 Å². The zero-order valence-corrected chi connectivity index (χ0v) is 10.1. The summed E-state index contributed by atoms with van der Waals surface area (Å²) in [7, 11) is 5.70. The number of rotatable bonds is 0. The van der Waals surface area contributed by atoms with E-state index in [1.807, 2.05) is 26.8 Å². The Labute approximate surface area is 95.1 Å². The van der Waals surface area contributed by atoms with Gasteiger partial charge in [0.25, 0.3) is 0 Å². The van der Waals surface area contributed by atoms with E-state index in [1.165, 1.54) is 0 Å². The summed E-state index contributed by atoms with van der Waals surface area (Å²) in [6.45, 7) is 6.04. The van der Waals surface area contributed by atoms with Crippen LogP contribution in [0.5, 0.6) is 0 Å². The third kappa shape index (κ3) is 2.72. The van der Waals surface area contributed by atoms with E-state index >= 15 is 0 Å². The average molecular weight is 218 g/mol. The second-order valence-electron chi connectivity index (χ2n) is 2.66. The average Bonchev–Trinajstić information content (AvgIpc) is 1.82. The number of hydrogen-bond donors (Lipinski definition) is 0. The molecule has 3 radical (unpaired) electrons. The van der Waals surface area contributed by atoms with Gasteiger partial charge in [0.15, 0.2) is 0 Å². The summed E-state index contributed by atoms with van der Waals surface area (Å²) in [4.78, 5) is 0. The van der Waals surface area contributed by atoms with E-state index < -0.39 is 0 Å². The fourth-order valence-electron chi connectivity index (χ4n) is 0.984. The zero-order chi connectivity index (χ0) is 7.72. The summed E-state index contributed by atoms with van der Waals surface area (Å²) < 4.78 is 0. The van der Waals surface area contributed by atoms with Crippen molar-refractivity contribution in [3.8, 4) is 0 Å². The van der Waals surface area contributed by atoms with Crippen LogP contribution in [0.2, 0.25) is 0 Å². The molecule has 0 unspecified atom stereocenters. The Morgan fingerprint density at radius 3 is 2.27 bits per heavy atom. The largest absolute Gasteiger partial charge is 0.198 e. The maximum atomic E-state index is 5.70. The topological polar surface area (TPSA) is 0 Å². The molecule has 0 fully saturated rings. The summed E-state index contributed by atoms with van der Waals surface area (Å²) in [6, 6.07) is 5.15. The van der Waals surface area contributed by atoms with Crippen LogP contribution < -0.4 is 5.46 Å². The van der Waals surface area contributed by atoms with Gasteiger partial charge in [-0.25, -0.2) is 0 Å². The smallest absolute Gasteiger partial charge is 0.0780 e. The molecule has 0 bridgehead atoms. The van der Waals surface area contributed by atoms with Crippen molar-refractivity contribution in [2.75, 3.05) is 0 Å². The van der Waals surface area contributed by atoms with Gasteiger partial charge in [0.2, 0.25) is 0 Å². The Morgan fingerprint density at radius 2 is 1.82 bits per heavy atom. The molecule has 0 amide bonds. The third-order valence-corrected chi connectivity index (χ3v) is 1.75. The fraction of sp³-hybridized carbons (Fsp3) is 0.333. The van der Waals surface area contributed by atoms with Crippen LogP contribution in [0.25, 0.3) is 0 Å². The van der Waals surface area contributed by atoms with Crippen molar-refractivity contribution < 1.29 is 32.7 Å². The summed E-state index contributed by atoms with van der Waals surface area (Å²) in [5.41, 5.74) is 4.28. The van der Waals surface area contributed by atoms with Gasteiger partial charge in [0, 0.05) is 32.7 Å². The van der Waals surface area contributed by atoms with E-state index in [2.05, 4.69) is 6.07 Å². The van der Waals surface area contributed by atoms with E-state index in [9.17, 15) is 0 Å². The molecule has 0 aliphatic carbocycles. The van der Waals surface area contributed by atoms with Gasteiger partial charge >= 0.3 is 0 Å². The van der Waals surface area contributed by atoms with Gasteiger partial charge in [0.05, 0.1) is 7.85 Å². The van der Waals surface area contributed by atoms with Gasteiger partial charge in [-0.05, 0) is 0 Å². The van der Waals surface area contributed by atoms with Gasteiger partial charge in [-0.1, -0.05) is 20.8 Å². The maximum Gasteiger partial charge on any atom is 0.0780 e. The molecule has 0 N–H and O–H groups in total. The molecule has 0 atom stereocenters. The molecule has 1 rings (SSSR count). The molecule has 0 saturated heterocycles. The molecule has 1 aromatic carbocycles. The molecule has 53 valence electrons. The van der Waals surface area contributed by atoms with Crippen molar-refractivity contribution >= 4 is 13.3 Å². The van der Waals surface area contributed by atoms with Crippen LogP contribution in [-0.2, 0) is 32.7 Å². The zero-order valence-electron chi connectivity index (χ0n) is 7.23. The Morgan fingerprint density at radius 1 is 1.27 bits per heavy atom. The van der Waals surface area contributed by atoms with Crippen molar-refractivity contribution in [3.63, 3.8) is 0 Å². The minimum absolute atomic E-state index is 0. The standard InChI is InChI=1S/C9H10B.Y/c1-6-4-7(2)8(3)9(10)5-6;/h5H,1-3H3;/q-1;. The molecule has 0 aromatic heterocycles. The Hall–Kier alpha value is 0.389. The maximum absolute atomic E-state index is 5.70. The number of benzene rings is 1. The van der Waals surface area contributed by atoms with Crippen molar-refractivity contribution in [1.29, 1.82) is 0 Å². The number of aryl methyl sites for hydroxylation is 2. The van der Waals surface area contributed by atoms with Gasteiger partial charge in [-0.2, -0.15) is 34.3 Å². The number of hydrogen-bond acceptors (Lipinski definition) is 0. The predicted octanol–water partition coefficient (Wildman–Crippen LogP) is 1.20. The van der Waals surface area contributed by atoms with Crippen LogP contribution in [0.4, 0.5) is 0 Å². The van der Waals surface area contributed by atoms with E-state index in [0.717, 1.165) is 22.2 Å².